The van der Waals surface area contributed by atoms with Crippen LogP contribution >= 0.6 is 39.0 Å². The number of thioether (sulfide) groups is 1. The third kappa shape index (κ3) is 3.75. The van der Waals surface area contributed by atoms with E-state index >= 15 is 0 Å². The Morgan fingerprint density at radius 2 is 2.14 bits per heavy atom. The Balaban J connectivity index is 2.46. The van der Waals surface area contributed by atoms with Gasteiger partial charge in [0.1, 0.15) is 15.8 Å². The summed E-state index contributed by atoms with van der Waals surface area (Å²) in [6.45, 7) is 0. The van der Waals surface area contributed by atoms with Crippen LogP contribution in [0.3, 0.4) is 0 Å². The molecule has 1 heterocycles. The van der Waals surface area contributed by atoms with Crippen LogP contribution in [0.25, 0.3) is 0 Å². The van der Waals surface area contributed by atoms with Gasteiger partial charge in [0.2, 0.25) is 0 Å². The van der Waals surface area contributed by atoms with E-state index in [4.69, 9.17) is 15.9 Å². The molecule has 4 nitrogen and oxygen atoms in total. The topological polar surface area (TPSA) is 82.2 Å². The molecule has 0 saturated heterocycles. The molecule has 112 valence electrons. The molecule has 1 atom stereocenters. The molecule has 2 aromatic rings. The van der Waals surface area contributed by atoms with E-state index in [1.165, 1.54) is 23.1 Å². The van der Waals surface area contributed by atoms with E-state index in [-0.39, 0.29) is 5.84 Å². The summed E-state index contributed by atoms with van der Waals surface area (Å²) < 4.78 is 19.7. The van der Waals surface area contributed by atoms with Crippen molar-refractivity contribution in [1.29, 1.82) is 5.41 Å². The van der Waals surface area contributed by atoms with Gasteiger partial charge in [-0.2, -0.15) is 0 Å². The van der Waals surface area contributed by atoms with Crippen LogP contribution in [0.4, 0.5) is 0 Å². The molecule has 0 bridgehead atoms. The van der Waals surface area contributed by atoms with Gasteiger partial charge in [-0.05, 0) is 12.3 Å². The first-order valence-electron chi connectivity index (χ1n) is 5.74. The Morgan fingerprint density at radius 3 is 2.71 bits per heavy atom. The van der Waals surface area contributed by atoms with E-state index in [0.717, 1.165) is 8.68 Å². The van der Waals surface area contributed by atoms with Gasteiger partial charge in [0.15, 0.2) is 9.79 Å². The molecule has 0 aliphatic rings. The Kier molecular flexibility index (Phi) is 5.61. The van der Waals surface area contributed by atoms with Crippen molar-refractivity contribution in [3.05, 3.63) is 33.6 Å². The van der Waals surface area contributed by atoms with Gasteiger partial charge in [-0.25, -0.2) is 0 Å². The lowest BCUT2D eigenvalue weighted by Crippen LogP contribution is -2.08. The SMILES string of the molecule is COc1cc(Br)cc([S+]([O-])c2cc(C(=N)N)sc2SC)c1. The zero-order valence-corrected chi connectivity index (χ0v) is 15.3. The fraction of sp³-hybridized carbons (Fsp3) is 0.154. The molecule has 0 aliphatic heterocycles. The lowest BCUT2D eigenvalue weighted by Gasteiger charge is -2.11. The van der Waals surface area contributed by atoms with Crippen LogP contribution < -0.4 is 10.5 Å². The minimum absolute atomic E-state index is 0.00891. The van der Waals surface area contributed by atoms with Gasteiger partial charge in [-0.3, -0.25) is 5.41 Å². The zero-order valence-electron chi connectivity index (χ0n) is 11.3. The Bertz CT molecular complexity index is 675. The normalized spacial score (nSPS) is 12.2. The molecule has 0 fully saturated rings. The van der Waals surface area contributed by atoms with Crippen LogP contribution in [0.15, 0.2) is 42.7 Å². The molecule has 8 heteroatoms. The van der Waals surface area contributed by atoms with Crippen molar-refractivity contribution in [3.63, 3.8) is 0 Å². The van der Waals surface area contributed by atoms with Gasteiger partial charge in [0.05, 0.1) is 12.0 Å². The molecular formula is C13H13BrN2O2S3. The van der Waals surface area contributed by atoms with Crippen LogP contribution in [0.5, 0.6) is 5.75 Å². The highest BCUT2D eigenvalue weighted by Gasteiger charge is 2.24. The summed E-state index contributed by atoms with van der Waals surface area (Å²) in [5, 5.41) is 7.52. The summed E-state index contributed by atoms with van der Waals surface area (Å²) in [6, 6.07) is 7.08. The van der Waals surface area contributed by atoms with Crippen molar-refractivity contribution in [3.8, 4) is 5.75 Å². The average molecular weight is 405 g/mol. The van der Waals surface area contributed by atoms with Gasteiger partial charge in [0.25, 0.3) is 0 Å². The first kappa shape index (κ1) is 16.7. The molecule has 1 aromatic carbocycles. The Morgan fingerprint density at radius 1 is 1.43 bits per heavy atom. The van der Waals surface area contributed by atoms with Crippen molar-refractivity contribution in [2.45, 2.75) is 14.0 Å². The van der Waals surface area contributed by atoms with Crippen LogP contribution in [0.2, 0.25) is 0 Å². The monoisotopic (exact) mass is 404 g/mol. The van der Waals surface area contributed by atoms with Crippen molar-refractivity contribution in [2.24, 2.45) is 5.73 Å². The highest BCUT2D eigenvalue weighted by atomic mass is 79.9. The highest BCUT2D eigenvalue weighted by molar-refractivity contribution is 9.10. The summed E-state index contributed by atoms with van der Waals surface area (Å²) in [5.41, 5.74) is 5.52. The lowest BCUT2D eigenvalue weighted by atomic mass is 10.3. The molecule has 0 saturated carbocycles. The van der Waals surface area contributed by atoms with E-state index in [1.807, 2.05) is 12.3 Å². The third-order valence-corrected chi connectivity index (χ3v) is 7.02. The number of benzene rings is 1. The number of ether oxygens (including phenoxy) is 1. The van der Waals surface area contributed by atoms with E-state index in [1.54, 1.807) is 25.3 Å². The number of hydrogen-bond acceptors (Lipinski definition) is 5. The maximum atomic E-state index is 12.8. The third-order valence-electron chi connectivity index (χ3n) is 2.61. The fourth-order valence-corrected chi connectivity index (χ4v) is 5.77. The van der Waals surface area contributed by atoms with E-state index in [9.17, 15) is 4.55 Å². The minimum atomic E-state index is -1.35. The van der Waals surface area contributed by atoms with Gasteiger partial charge in [0, 0.05) is 33.8 Å². The summed E-state index contributed by atoms with van der Waals surface area (Å²) in [5.74, 6) is 0.630. The van der Waals surface area contributed by atoms with Crippen molar-refractivity contribution >= 4 is 56.0 Å². The second-order valence-corrected chi connectivity index (χ2v) is 8.47. The molecule has 1 unspecified atom stereocenters. The average Bonchev–Trinajstić information content (AvgIpc) is 2.90. The van der Waals surface area contributed by atoms with Gasteiger partial charge < -0.3 is 15.0 Å². The lowest BCUT2D eigenvalue weighted by molar-refractivity contribution is 0.413. The number of nitrogens with one attached hydrogen (secondary N) is 1. The van der Waals surface area contributed by atoms with E-state index < -0.39 is 11.2 Å². The number of hydrogen-bond donors (Lipinski definition) is 2. The largest absolute Gasteiger partial charge is 0.606 e. The smallest absolute Gasteiger partial charge is 0.183 e. The first-order valence-corrected chi connectivity index (χ1v) is 9.73. The van der Waals surface area contributed by atoms with Crippen LogP contribution in [-0.2, 0) is 11.2 Å². The number of rotatable bonds is 5. The molecule has 0 amide bonds. The van der Waals surface area contributed by atoms with Crippen LogP contribution in [-0.4, -0.2) is 23.8 Å². The van der Waals surface area contributed by atoms with Crippen molar-refractivity contribution < 1.29 is 9.29 Å². The van der Waals surface area contributed by atoms with E-state index in [0.29, 0.717) is 20.4 Å². The maximum absolute atomic E-state index is 12.8. The molecule has 0 spiro atoms. The second-order valence-electron chi connectivity index (χ2n) is 3.98. The Labute approximate surface area is 142 Å². The summed E-state index contributed by atoms with van der Waals surface area (Å²) in [7, 11) is 1.57. The fourth-order valence-electron chi connectivity index (χ4n) is 1.65. The zero-order chi connectivity index (χ0) is 15.6. The number of thiophene rings is 1. The molecule has 2 rings (SSSR count). The highest BCUT2D eigenvalue weighted by Crippen LogP contribution is 2.38. The second kappa shape index (κ2) is 7.06. The van der Waals surface area contributed by atoms with Crippen LogP contribution in [0.1, 0.15) is 4.88 Å². The number of nitrogen functional groups attached to an aromatic ring is 1. The quantitative estimate of drug-likeness (QED) is 0.344. The molecular weight excluding hydrogens is 392 g/mol. The summed E-state index contributed by atoms with van der Waals surface area (Å²) in [6.07, 6.45) is 1.91. The molecule has 1 aromatic heterocycles. The summed E-state index contributed by atoms with van der Waals surface area (Å²) >= 11 is 4.92. The minimum Gasteiger partial charge on any atom is -0.606 e. The maximum Gasteiger partial charge on any atom is 0.183 e. The number of halogens is 1. The van der Waals surface area contributed by atoms with E-state index in [2.05, 4.69) is 15.9 Å². The molecule has 21 heavy (non-hydrogen) atoms. The molecule has 3 N–H and O–H groups in total. The Hall–Kier alpha value is -0.670. The number of amidine groups is 1. The van der Waals surface area contributed by atoms with Crippen molar-refractivity contribution in [2.75, 3.05) is 13.4 Å². The number of methoxy groups -OCH3 is 1. The van der Waals surface area contributed by atoms with Gasteiger partial charge >= 0.3 is 0 Å². The summed E-state index contributed by atoms with van der Waals surface area (Å²) in [4.78, 5) is 1.95. The van der Waals surface area contributed by atoms with Crippen molar-refractivity contribution in [1.82, 2.24) is 0 Å². The predicted molar refractivity (Wildman–Crippen MR) is 92.5 cm³/mol. The molecule has 0 radical (unpaired) electrons. The van der Waals surface area contributed by atoms with Crippen LogP contribution in [0, 0.1) is 5.41 Å². The first-order chi connectivity index (χ1) is 9.96. The standard InChI is InChI=1S/C13H13BrN2O2S3/c1-18-8-3-7(14)4-9(5-8)21(17)11-6-10(12(15)16)20-13(11)19-2/h3-6H,1-2H3,(H3,15,16). The van der Waals surface area contributed by atoms with Gasteiger partial charge in [-0.1, -0.05) is 15.9 Å². The number of nitrogens with two attached hydrogens (primary N) is 1. The van der Waals surface area contributed by atoms with Gasteiger partial charge in [-0.15, -0.1) is 23.1 Å². The predicted octanol–water partition coefficient (Wildman–Crippen LogP) is 3.69. The molecule has 0 aliphatic carbocycles.